The van der Waals surface area contributed by atoms with Gasteiger partial charge in [0, 0.05) is 16.8 Å². The second kappa shape index (κ2) is 6.19. The van der Waals surface area contributed by atoms with Crippen molar-refractivity contribution < 1.29 is 4.79 Å². The molecule has 98 valence electrons. The number of hydrogen-bond donors (Lipinski definition) is 1. The van der Waals surface area contributed by atoms with Crippen LogP contribution in [0.1, 0.15) is 41.3 Å². The number of hydrogen-bond acceptors (Lipinski definition) is 2. The Bertz CT molecular complexity index is 561. The average Bonchev–Trinajstić information content (AvgIpc) is 2.45. The lowest BCUT2D eigenvalue weighted by Gasteiger charge is -2.09. The minimum absolute atomic E-state index is 0.0757. The van der Waals surface area contributed by atoms with Crippen molar-refractivity contribution in [2.45, 2.75) is 26.2 Å². The first-order valence-corrected chi connectivity index (χ1v) is 6.70. The van der Waals surface area contributed by atoms with Gasteiger partial charge >= 0.3 is 0 Å². The van der Waals surface area contributed by atoms with E-state index in [2.05, 4.69) is 6.92 Å². The predicted octanol–water partition coefficient (Wildman–Crippen LogP) is 3.84. The zero-order chi connectivity index (χ0) is 13.7. The summed E-state index contributed by atoms with van der Waals surface area (Å²) in [5, 5.41) is 0. The van der Waals surface area contributed by atoms with Crippen molar-refractivity contribution in [2.24, 2.45) is 0 Å². The summed E-state index contributed by atoms with van der Waals surface area (Å²) in [4.78, 5) is 12.5. The van der Waals surface area contributed by atoms with Crippen LogP contribution in [0.3, 0.4) is 0 Å². The molecule has 0 saturated carbocycles. The van der Waals surface area contributed by atoms with Gasteiger partial charge in [-0.15, -0.1) is 0 Å². The second-order valence-electron chi connectivity index (χ2n) is 4.72. The maximum atomic E-state index is 12.5. The van der Waals surface area contributed by atoms with Crippen LogP contribution in [0.2, 0.25) is 0 Å². The predicted molar refractivity (Wildman–Crippen MR) is 79.3 cm³/mol. The molecule has 0 heterocycles. The molecule has 2 N–H and O–H groups in total. The number of ketones is 1. The second-order valence-corrected chi connectivity index (χ2v) is 4.72. The molecule has 19 heavy (non-hydrogen) atoms. The van der Waals surface area contributed by atoms with Crippen LogP contribution in [-0.2, 0) is 6.42 Å². The maximum Gasteiger partial charge on any atom is 0.193 e. The van der Waals surface area contributed by atoms with Gasteiger partial charge in [-0.1, -0.05) is 43.7 Å². The van der Waals surface area contributed by atoms with E-state index in [4.69, 9.17) is 5.73 Å². The number of carbonyl (C=O) groups is 1. The number of nitrogen functional groups attached to an aromatic ring is 1. The lowest BCUT2D eigenvalue weighted by molar-refractivity contribution is 0.103. The van der Waals surface area contributed by atoms with Crippen molar-refractivity contribution in [3.63, 3.8) is 0 Å². The topological polar surface area (TPSA) is 43.1 Å². The zero-order valence-electron chi connectivity index (χ0n) is 11.2. The van der Waals surface area contributed by atoms with Gasteiger partial charge in [0.25, 0.3) is 0 Å². The highest BCUT2D eigenvalue weighted by molar-refractivity contribution is 6.10. The normalized spacial score (nSPS) is 10.4. The molecule has 2 heteroatoms. The number of unbranched alkanes of at least 4 members (excludes halogenated alkanes) is 1. The lowest BCUT2D eigenvalue weighted by Crippen LogP contribution is -2.06. The van der Waals surface area contributed by atoms with Crippen LogP contribution in [0.25, 0.3) is 0 Å². The molecule has 0 aliphatic carbocycles. The van der Waals surface area contributed by atoms with Gasteiger partial charge in [-0.05, 0) is 36.6 Å². The Labute approximate surface area is 114 Å². The van der Waals surface area contributed by atoms with Crippen LogP contribution in [0.15, 0.2) is 48.5 Å². The number of aryl methyl sites for hydroxylation is 1. The van der Waals surface area contributed by atoms with E-state index in [1.165, 1.54) is 0 Å². The van der Waals surface area contributed by atoms with E-state index in [9.17, 15) is 4.79 Å². The maximum absolute atomic E-state index is 12.5. The molecule has 0 radical (unpaired) electrons. The molecule has 0 amide bonds. The van der Waals surface area contributed by atoms with E-state index in [0.717, 1.165) is 41.6 Å². The smallest absolute Gasteiger partial charge is 0.193 e. The third-order valence-corrected chi connectivity index (χ3v) is 3.21. The quantitative estimate of drug-likeness (QED) is 0.650. The highest BCUT2D eigenvalue weighted by Crippen LogP contribution is 2.19. The molecule has 2 rings (SSSR count). The molecule has 0 bridgehead atoms. The number of anilines is 1. The first-order valence-electron chi connectivity index (χ1n) is 6.70. The van der Waals surface area contributed by atoms with Crippen molar-refractivity contribution >= 4 is 11.5 Å². The fraction of sp³-hybridized carbons (Fsp3) is 0.235. The molecule has 2 nitrogen and oxygen atoms in total. The van der Waals surface area contributed by atoms with E-state index in [-0.39, 0.29) is 5.78 Å². The molecule has 0 saturated heterocycles. The van der Waals surface area contributed by atoms with Gasteiger partial charge in [-0.3, -0.25) is 4.79 Å². The standard InChI is InChI=1S/C17H19NO/c1-2-3-7-14-12-15(18)10-11-16(14)17(19)13-8-5-4-6-9-13/h4-6,8-12H,2-3,7,18H2,1H3. The highest BCUT2D eigenvalue weighted by atomic mass is 16.1. The zero-order valence-corrected chi connectivity index (χ0v) is 11.2. The van der Waals surface area contributed by atoms with E-state index < -0.39 is 0 Å². The molecule has 0 fully saturated rings. The third kappa shape index (κ3) is 3.22. The Morgan fingerprint density at radius 2 is 1.84 bits per heavy atom. The fourth-order valence-electron chi connectivity index (χ4n) is 2.15. The minimum atomic E-state index is 0.0757. The van der Waals surface area contributed by atoms with Crippen LogP contribution < -0.4 is 5.73 Å². The molecule has 2 aromatic rings. The monoisotopic (exact) mass is 253 g/mol. The summed E-state index contributed by atoms with van der Waals surface area (Å²) in [6, 6.07) is 14.9. The van der Waals surface area contributed by atoms with Gasteiger partial charge in [0.2, 0.25) is 0 Å². The Hall–Kier alpha value is -2.09. The average molecular weight is 253 g/mol. The lowest BCUT2D eigenvalue weighted by atomic mass is 9.95. The van der Waals surface area contributed by atoms with Gasteiger partial charge in [0.1, 0.15) is 0 Å². The molecule has 0 aliphatic rings. The molecule has 0 aromatic heterocycles. The summed E-state index contributed by atoms with van der Waals surface area (Å²) in [5.74, 6) is 0.0757. The number of benzene rings is 2. The third-order valence-electron chi connectivity index (χ3n) is 3.21. The summed E-state index contributed by atoms with van der Waals surface area (Å²) >= 11 is 0. The fourth-order valence-corrected chi connectivity index (χ4v) is 2.15. The SMILES string of the molecule is CCCCc1cc(N)ccc1C(=O)c1ccccc1. The minimum Gasteiger partial charge on any atom is -0.399 e. The van der Waals surface area contributed by atoms with Crippen molar-refractivity contribution in [3.8, 4) is 0 Å². The first-order chi connectivity index (χ1) is 9.22. The van der Waals surface area contributed by atoms with Crippen LogP contribution in [0, 0.1) is 0 Å². The van der Waals surface area contributed by atoms with Crippen LogP contribution in [0.4, 0.5) is 5.69 Å². The Kier molecular flexibility index (Phi) is 4.35. The Morgan fingerprint density at radius 3 is 2.53 bits per heavy atom. The van der Waals surface area contributed by atoms with E-state index in [1.54, 1.807) is 6.07 Å². The molecule has 0 unspecified atom stereocenters. The molecule has 0 atom stereocenters. The van der Waals surface area contributed by atoms with Crippen LogP contribution in [-0.4, -0.2) is 5.78 Å². The molecule has 0 aliphatic heterocycles. The first kappa shape index (κ1) is 13.3. The Balaban J connectivity index is 2.36. The number of carbonyl (C=O) groups excluding carboxylic acids is 1. The van der Waals surface area contributed by atoms with Crippen molar-refractivity contribution in [3.05, 3.63) is 65.2 Å². The van der Waals surface area contributed by atoms with Crippen LogP contribution in [0.5, 0.6) is 0 Å². The van der Waals surface area contributed by atoms with Crippen molar-refractivity contribution in [1.29, 1.82) is 0 Å². The Morgan fingerprint density at radius 1 is 1.11 bits per heavy atom. The summed E-state index contributed by atoms with van der Waals surface area (Å²) in [5.41, 5.74) is 9.10. The van der Waals surface area contributed by atoms with Crippen LogP contribution >= 0.6 is 0 Å². The van der Waals surface area contributed by atoms with E-state index in [1.807, 2.05) is 42.5 Å². The van der Waals surface area contributed by atoms with E-state index in [0.29, 0.717) is 0 Å². The largest absolute Gasteiger partial charge is 0.399 e. The summed E-state index contributed by atoms with van der Waals surface area (Å²) in [6.07, 6.45) is 3.07. The number of nitrogens with two attached hydrogens (primary N) is 1. The number of rotatable bonds is 5. The summed E-state index contributed by atoms with van der Waals surface area (Å²) in [7, 11) is 0. The van der Waals surface area contributed by atoms with Gasteiger partial charge in [0.15, 0.2) is 5.78 Å². The summed E-state index contributed by atoms with van der Waals surface area (Å²) in [6.45, 7) is 2.14. The highest BCUT2D eigenvalue weighted by Gasteiger charge is 2.13. The van der Waals surface area contributed by atoms with Gasteiger partial charge in [0.05, 0.1) is 0 Å². The molecular formula is C17H19NO. The van der Waals surface area contributed by atoms with Crippen molar-refractivity contribution in [2.75, 3.05) is 5.73 Å². The molecule has 2 aromatic carbocycles. The van der Waals surface area contributed by atoms with E-state index >= 15 is 0 Å². The summed E-state index contributed by atoms with van der Waals surface area (Å²) < 4.78 is 0. The van der Waals surface area contributed by atoms with Gasteiger partial charge < -0.3 is 5.73 Å². The van der Waals surface area contributed by atoms with Gasteiger partial charge in [-0.25, -0.2) is 0 Å². The molecule has 0 spiro atoms. The van der Waals surface area contributed by atoms with Gasteiger partial charge in [-0.2, -0.15) is 0 Å². The van der Waals surface area contributed by atoms with Crippen molar-refractivity contribution in [1.82, 2.24) is 0 Å². The molecular weight excluding hydrogens is 234 g/mol.